The lowest BCUT2D eigenvalue weighted by atomic mass is 10.2. The minimum Gasteiger partial charge on any atom is -0.465 e. The van der Waals surface area contributed by atoms with Crippen LogP contribution in [0.2, 0.25) is 0 Å². The van der Waals surface area contributed by atoms with E-state index in [2.05, 4.69) is 9.80 Å². The summed E-state index contributed by atoms with van der Waals surface area (Å²) in [7, 11) is 0. The highest BCUT2D eigenvalue weighted by Crippen LogP contribution is 2.44. The SMILES string of the molecule is CCOC(=O)C1CSC2C3SCC(C(=O)OCC)N3CCN12. The second-order valence-corrected chi connectivity index (χ2v) is 7.76. The van der Waals surface area contributed by atoms with Gasteiger partial charge in [-0.2, -0.15) is 0 Å². The highest BCUT2D eigenvalue weighted by Gasteiger charge is 2.52. The number of rotatable bonds is 4. The van der Waals surface area contributed by atoms with Crippen molar-refractivity contribution < 1.29 is 19.1 Å². The number of thioether (sulfide) groups is 2. The van der Waals surface area contributed by atoms with E-state index in [1.165, 1.54) is 0 Å². The zero-order valence-electron chi connectivity index (χ0n) is 12.9. The van der Waals surface area contributed by atoms with Gasteiger partial charge in [0.2, 0.25) is 0 Å². The number of hydrogen-bond donors (Lipinski definition) is 0. The summed E-state index contributed by atoms with van der Waals surface area (Å²) in [6, 6.07) is -0.279. The third-order valence-electron chi connectivity index (χ3n) is 4.28. The number of carbonyl (C=O) groups excluding carboxylic acids is 2. The van der Waals surface area contributed by atoms with Crippen LogP contribution in [0, 0.1) is 0 Å². The van der Waals surface area contributed by atoms with E-state index in [1.807, 2.05) is 13.8 Å². The van der Waals surface area contributed by atoms with Crippen molar-refractivity contribution in [2.24, 2.45) is 0 Å². The Kier molecular flexibility index (Phi) is 5.21. The number of esters is 2. The minimum absolute atomic E-state index is 0.115. The van der Waals surface area contributed by atoms with Crippen molar-refractivity contribution in [1.82, 2.24) is 9.80 Å². The van der Waals surface area contributed by atoms with Crippen LogP contribution >= 0.6 is 23.5 Å². The Hall–Kier alpha value is -0.440. The lowest BCUT2D eigenvalue weighted by Gasteiger charge is -2.42. The van der Waals surface area contributed by atoms with E-state index in [4.69, 9.17) is 9.47 Å². The number of ether oxygens (including phenoxy) is 2. The van der Waals surface area contributed by atoms with E-state index < -0.39 is 0 Å². The van der Waals surface area contributed by atoms with Crippen molar-refractivity contribution in [2.45, 2.75) is 36.7 Å². The third-order valence-corrected chi connectivity index (χ3v) is 7.21. The van der Waals surface area contributed by atoms with Crippen LogP contribution in [0.1, 0.15) is 13.8 Å². The molecule has 3 rings (SSSR count). The molecule has 3 aliphatic heterocycles. The van der Waals surface area contributed by atoms with E-state index in [1.54, 1.807) is 23.5 Å². The fourth-order valence-corrected chi connectivity index (χ4v) is 6.71. The van der Waals surface area contributed by atoms with Crippen LogP contribution in [0.5, 0.6) is 0 Å². The van der Waals surface area contributed by atoms with Crippen molar-refractivity contribution in [1.29, 1.82) is 0 Å². The molecule has 4 atom stereocenters. The molecule has 0 aromatic carbocycles. The van der Waals surface area contributed by atoms with Gasteiger partial charge in [0.15, 0.2) is 0 Å². The molecule has 0 amide bonds. The van der Waals surface area contributed by atoms with Crippen LogP contribution in [0.4, 0.5) is 0 Å². The van der Waals surface area contributed by atoms with Crippen molar-refractivity contribution >= 4 is 35.5 Å². The Bertz CT molecular complexity index is 411. The van der Waals surface area contributed by atoms with Crippen LogP contribution in [0.15, 0.2) is 0 Å². The molecule has 4 unspecified atom stereocenters. The molecule has 0 aliphatic carbocycles. The van der Waals surface area contributed by atoms with Crippen LogP contribution in [0.25, 0.3) is 0 Å². The van der Waals surface area contributed by atoms with E-state index in [0.717, 1.165) is 24.6 Å². The molecule has 8 heteroatoms. The lowest BCUT2D eigenvalue weighted by Crippen LogP contribution is -2.59. The van der Waals surface area contributed by atoms with Crippen molar-refractivity contribution in [3.05, 3.63) is 0 Å². The molecule has 0 bridgehead atoms. The smallest absolute Gasteiger partial charge is 0.324 e. The van der Waals surface area contributed by atoms with Gasteiger partial charge in [-0.15, -0.1) is 23.5 Å². The topological polar surface area (TPSA) is 59.1 Å². The zero-order chi connectivity index (χ0) is 15.7. The number of nitrogens with zero attached hydrogens (tertiary/aromatic N) is 2. The number of piperazine rings is 1. The van der Waals surface area contributed by atoms with Crippen LogP contribution in [0.3, 0.4) is 0 Å². The zero-order valence-corrected chi connectivity index (χ0v) is 14.5. The van der Waals surface area contributed by atoms with Gasteiger partial charge in [-0.1, -0.05) is 0 Å². The Morgan fingerprint density at radius 2 is 1.32 bits per heavy atom. The van der Waals surface area contributed by atoms with Crippen LogP contribution in [-0.4, -0.2) is 82.4 Å². The largest absolute Gasteiger partial charge is 0.465 e. The number of carbonyl (C=O) groups is 2. The molecule has 3 heterocycles. The molecule has 0 spiro atoms. The maximum Gasteiger partial charge on any atom is 0.324 e. The second-order valence-electron chi connectivity index (χ2n) is 5.46. The van der Waals surface area contributed by atoms with E-state index in [9.17, 15) is 9.59 Å². The van der Waals surface area contributed by atoms with Crippen molar-refractivity contribution in [3.63, 3.8) is 0 Å². The first-order chi connectivity index (χ1) is 10.7. The summed E-state index contributed by atoms with van der Waals surface area (Å²) in [5, 5.41) is 0.514. The van der Waals surface area contributed by atoms with Crippen molar-refractivity contribution in [2.75, 3.05) is 37.8 Å². The molecule has 124 valence electrons. The number of hydrogen-bond acceptors (Lipinski definition) is 8. The van der Waals surface area contributed by atoms with Gasteiger partial charge >= 0.3 is 11.9 Å². The van der Waals surface area contributed by atoms with Gasteiger partial charge in [-0.3, -0.25) is 19.4 Å². The predicted octanol–water partition coefficient (Wildman–Crippen LogP) is 0.613. The lowest BCUT2D eigenvalue weighted by molar-refractivity contribution is -0.152. The fraction of sp³-hybridized carbons (Fsp3) is 0.857. The molecule has 0 aromatic heterocycles. The predicted molar refractivity (Wildman–Crippen MR) is 86.7 cm³/mol. The van der Waals surface area contributed by atoms with E-state index in [0.29, 0.717) is 13.2 Å². The molecule has 0 N–H and O–H groups in total. The molecule has 3 fully saturated rings. The maximum absolute atomic E-state index is 12.1. The molecule has 3 aliphatic rings. The van der Waals surface area contributed by atoms with Crippen molar-refractivity contribution in [3.8, 4) is 0 Å². The minimum atomic E-state index is -0.139. The Morgan fingerprint density at radius 1 is 0.909 bits per heavy atom. The molecule has 0 saturated carbocycles. The normalized spacial score (nSPS) is 35.0. The summed E-state index contributed by atoms with van der Waals surface area (Å²) in [6.45, 7) is 6.13. The molecular formula is C14H22N2O4S2. The number of fused-ring (bicyclic) bond motifs is 3. The average Bonchev–Trinajstić information content (AvgIpc) is 3.11. The summed E-state index contributed by atoms with van der Waals surface area (Å²) < 4.78 is 10.4. The summed E-state index contributed by atoms with van der Waals surface area (Å²) in [6.07, 6.45) is 0. The second kappa shape index (κ2) is 6.98. The summed E-state index contributed by atoms with van der Waals surface area (Å²) >= 11 is 3.61. The summed E-state index contributed by atoms with van der Waals surface area (Å²) in [5.41, 5.74) is 0. The average molecular weight is 346 g/mol. The van der Waals surface area contributed by atoms with Gasteiger partial charge in [-0.25, -0.2) is 0 Å². The van der Waals surface area contributed by atoms with Gasteiger partial charge in [0.05, 0.1) is 24.0 Å². The quantitative estimate of drug-likeness (QED) is 0.687. The van der Waals surface area contributed by atoms with E-state index in [-0.39, 0.29) is 34.8 Å². The van der Waals surface area contributed by atoms with Gasteiger partial charge in [0.25, 0.3) is 0 Å². The third kappa shape index (κ3) is 2.86. The summed E-state index contributed by atoms with van der Waals surface area (Å²) in [5.74, 6) is 1.32. The highest BCUT2D eigenvalue weighted by atomic mass is 32.2. The maximum atomic E-state index is 12.1. The monoisotopic (exact) mass is 346 g/mol. The first-order valence-corrected chi connectivity index (χ1v) is 9.85. The van der Waals surface area contributed by atoms with Crippen LogP contribution in [-0.2, 0) is 19.1 Å². The highest BCUT2D eigenvalue weighted by molar-refractivity contribution is 8.04. The molecule has 6 nitrogen and oxygen atoms in total. The Morgan fingerprint density at radius 3 is 1.68 bits per heavy atom. The van der Waals surface area contributed by atoms with Gasteiger partial charge in [0.1, 0.15) is 12.1 Å². The molecular weight excluding hydrogens is 324 g/mol. The first kappa shape index (κ1) is 16.4. The first-order valence-electron chi connectivity index (χ1n) is 7.75. The summed E-state index contributed by atoms with van der Waals surface area (Å²) in [4.78, 5) is 28.7. The molecule has 0 radical (unpaired) electrons. The van der Waals surface area contributed by atoms with Gasteiger partial charge < -0.3 is 9.47 Å². The Balaban J connectivity index is 1.67. The van der Waals surface area contributed by atoms with Gasteiger partial charge in [-0.05, 0) is 13.8 Å². The van der Waals surface area contributed by atoms with Crippen LogP contribution < -0.4 is 0 Å². The molecule has 0 aromatic rings. The standard InChI is InChI=1S/C14H22N2O4S2/c1-3-19-13(17)9-7-21-11-12-16(6-5-15(9)11)10(8-22-12)14(18)20-4-2/h9-12H,3-8H2,1-2H3. The van der Waals surface area contributed by atoms with Gasteiger partial charge in [0, 0.05) is 24.6 Å². The fourth-order valence-electron chi connectivity index (χ4n) is 3.29. The molecule has 22 heavy (non-hydrogen) atoms. The Labute approximate surface area is 139 Å². The van der Waals surface area contributed by atoms with E-state index >= 15 is 0 Å². The molecule has 3 saturated heterocycles.